The molecular formula is C34H27N6O8PS. The third-order valence-electron chi connectivity index (χ3n) is 7.55. The number of hydrogen-bond acceptors (Lipinski definition) is 11. The van der Waals surface area contributed by atoms with Crippen LogP contribution in [0.25, 0.3) is 21.5 Å². The fourth-order valence-electron chi connectivity index (χ4n) is 4.97. The molecule has 0 heterocycles. The highest BCUT2D eigenvalue weighted by molar-refractivity contribution is 7.86. The number of hydrogen-bond donors (Lipinski definition) is 5. The lowest BCUT2D eigenvalue weighted by atomic mass is 10.1. The summed E-state index contributed by atoms with van der Waals surface area (Å²) in [7, 11) is -9.37. The Morgan fingerprint density at radius 1 is 0.640 bits per heavy atom. The number of rotatable bonds is 9. The topological polar surface area (TPSA) is 227 Å². The maximum absolute atomic E-state index is 12.3. The Hall–Kier alpha value is -5.70. The first kappa shape index (κ1) is 34.2. The highest BCUT2D eigenvalue weighted by Crippen LogP contribution is 2.43. The molecule has 0 radical (unpaired) electrons. The van der Waals surface area contributed by atoms with Gasteiger partial charge in [-0.25, -0.2) is 0 Å². The van der Waals surface area contributed by atoms with Gasteiger partial charge >= 0.3 is 7.60 Å². The molecule has 252 valence electrons. The van der Waals surface area contributed by atoms with Crippen LogP contribution >= 0.6 is 7.60 Å². The molecule has 5 N–H and O–H groups in total. The maximum Gasteiger partial charge on any atom is 0.356 e. The summed E-state index contributed by atoms with van der Waals surface area (Å²) in [6, 6.07) is 26.8. The third-order valence-corrected chi connectivity index (χ3v) is 9.38. The lowest BCUT2D eigenvalue weighted by molar-refractivity contribution is 0.387. The van der Waals surface area contributed by atoms with E-state index in [-0.39, 0.29) is 34.1 Å². The molecule has 0 saturated carbocycles. The van der Waals surface area contributed by atoms with Crippen molar-refractivity contribution in [2.75, 3.05) is 0 Å². The summed E-state index contributed by atoms with van der Waals surface area (Å²) >= 11 is 0. The van der Waals surface area contributed by atoms with Gasteiger partial charge in [-0.05, 0) is 96.1 Å². The number of azo groups is 3. The molecule has 0 spiro atoms. The van der Waals surface area contributed by atoms with E-state index in [4.69, 9.17) is 0 Å². The molecule has 0 aliphatic rings. The number of phenols is 2. The van der Waals surface area contributed by atoms with Crippen LogP contribution < -0.4 is 5.30 Å². The van der Waals surface area contributed by atoms with Crippen LogP contribution in [0.2, 0.25) is 0 Å². The van der Waals surface area contributed by atoms with Crippen molar-refractivity contribution in [3.05, 3.63) is 114 Å². The number of fused-ring (bicyclic) bond motifs is 2. The molecule has 6 aromatic rings. The first-order valence-corrected chi connectivity index (χ1v) is 17.8. The summed E-state index contributed by atoms with van der Waals surface area (Å²) < 4.78 is 45.8. The van der Waals surface area contributed by atoms with Gasteiger partial charge in [0.2, 0.25) is 0 Å². The summed E-state index contributed by atoms with van der Waals surface area (Å²) in [6.07, 6.45) is 0. The van der Waals surface area contributed by atoms with Gasteiger partial charge in [-0.15, -0.1) is 10.2 Å². The van der Waals surface area contributed by atoms with Gasteiger partial charge in [-0.3, -0.25) is 9.12 Å². The molecule has 0 aliphatic carbocycles. The van der Waals surface area contributed by atoms with E-state index < -0.39 is 34.0 Å². The first-order valence-electron chi connectivity index (χ1n) is 14.7. The number of nitrogens with zero attached hydrogens (tertiary/aromatic N) is 6. The molecule has 0 fully saturated rings. The van der Waals surface area contributed by atoms with Crippen molar-refractivity contribution in [1.29, 1.82) is 0 Å². The van der Waals surface area contributed by atoms with E-state index >= 15 is 0 Å². The molecule has 6 aromatic carbocycles. The van der Waals surface area contributed by atoms with E-state index in [0.717, 1.165) is 34.7 Å². The van der Waals surface area contributed by atoms with E-state index in [2.05, 4.69) is 30.7 Å². The van der Waals surface area contributed by atoms with Crippen LogP contribution in [-0.4, -0.2) is 33.0 Å². The predicted octanol–water partition coefficient (Wildman–Crippen LogP) is 8.88. The molecule has 0 unspecified atom stereocenters. The lowest BCUT2D eigenvalue weighted by Gasteiger charge is -2.09. The molecule has 0 bridgehead atoms. The fraction of sp³-hybridized carbons (Fsp3) is 0.0588. The molecule has 0 saturated heterocycles. The normalized spacial score (nSPS) is 12.6. The molecule has 0 aromatic heterocycles. The van der Waals surface area contributed by atoms with Gasteiger partial charge in [0.1, 0.15) is 16.3 Å². The van der Waals surface area contributed by atoms with Gasteiger partial charge in [0.25, 0.3) is 10.1 Å². The smallest absolute Gasteiger partial charge is 0.356 e. The van der Waals surface area contributed by atoms with Crippen LogP contribution in [0.1, 0.15) is 11.1 Å². The first-order chi connectivity index (χ1) is 23.8. The molecule has 14 nitrogen and oxygen atoms in total. The van der Waals surface area contributed by atoms with Gasteiger partial charge in [-0.1, -0.05) is 35.9 Å². The largest absolute Gasteiger partial charge is 0.505 e. The quantitative estimate of drug-likeness (QED) is 0.0551. The zero-order valence-electron chi connectivity index (χ0n) is 26.0. The van der Waals surface area contributed by atoms with Crippen molar-refractivity contribution in [2.45, 2.75) is 18.4 Å². The molecule has 6 rings (SSSR count). The minimum absolute atomic E-state index is 0.00307. The highest BCUT2D eigenvalue weighted by atomic mass is 32.2. The van der Waals surface area contributed by atoms with E-state index in [9.17, 15) is 37.5 Å². The molecule has 50 heavy (non-hydrogen) atoms. The average Bonchev–Trinajstić information content (AvgIpc) is 3.07. The SMILES string of the molecule is Cc1ccc(N=Nc2ccc3cc(CN=Nc4ccc5c(O)c(N=Nc6ccc(P(=O)(O)O)cc6)c(S(=O)(=O)O)cc5c4)ccc3c2O)cc1. The second kappa shape index (κ2) is 13.7. The van der Waals surface area contributed by atoms with Gasteiger partial charge in [0.05, 0.1) is 28.9 Å². The maximum atomic E-state index is 12.3. The van der Waals surface area contributed by atoms with Crippen molar-refractivity contribution in [2.24, 2.45) is 30.7 Å². The van der Waals surface area contributed by atoms with Crippen LogP contribution in [-0.2, 0) is 21.2 Å². The fourth-order valence-corrected chi connectivity index (χ4v) is 6.16. The summed E-state index contributed by atoms with van der Waals surface area (Å²) in [5, 5.41) is 47.8. The molecule has 0 aliphatic heterocycles. The zero-order valence-corrected chi connectivity index (χ0v) is 27.7. The summed E-state index contributed by atoms with van der Waals surface area (Å²) in [5.74, 6) is -0.579. The Bertz CT molecular complexity index is 2520. The number of aromatic hydroxyl groups is 2. The molecular weight excluding hydrogens is 683 g/mol. The Morgan fingerprint density at radius 2 is 1.26 bits per heavy atom. The van der Waals surface area contributed by atoms with Crippen LogP contribution in [0.4, 0.5) is 28.4 Å². The minimum atomic E-state index is -4.88. The van der Waals surface area contributed by atoms with Crippen molar-refractivity contribution >= 4 is 73.0 Å². The van der Waals surface area contributed by atoms with E-state index in [0.29, 0.717) is 22.4 Å². The van der Waals surface area contributed by atoms with E-state index in [1.165, 1.54) is 24.3 Å². The van der Waals surface area contributed by atoms with Gasteiger partial charge in [0, 0.05) is 10.8 Å². The van der Waals surface area contributed by atoms with Gasteiger partial charge in [-0.2, -0.15) is 28.9 Å². The van der Waals surface area contributed by atoms with Crippen molar-refractivity contribution < 1.29 is 37.5 Å². The second-order valence-electron chi connectivity index (χ2n) is 11.1. The van der Waals surface area contributed by atoms with Crippen molar-refractivity contribution in [3.8, 4) is 11.5 Å². The van der Waals surface area contributed by atoms with Crippen LogP contribution in [0.15, 0.2) is 139 Å². The standard InChI is InChI=1S/C34H27N6O8PS/c1-20-2-6-24(7-3-20)37-39-30-15-5-22-16-21(4-13-28(22)33(30)41)19-35-36-26-10-14-29-23(17-26)18-31(50(46,47)48)32(34(29)42)40-38-25-8-11-27(12-9-25)49(43,44)45/h2-18,41-42H,19H2,1H3,(H2,43,44,45)(H,46,47,48). The molecule has 16 heteroatoms. The Labute approximate surface area is 284 Å². The highest BCUT2D eigenvalue weighted by Gasteiger charge is 2.22. The lowest BCUT2D eigenvalue weighted by Crippen LogP contribution is -2.01. The van der Waals surface area contributed by atoms with Crippen molar-refractivity contribution in [3.63, 3.8) is 0 Å². The second-order valence-corrected chi connectivity index (χ2v) is 14.1. The summed E-state index contributed by atoms with van der Waals surface area (Å²) in [4.78, 5) is 17.8. The molecule has 0 atom stereocenters. The average molecular weight is 711 g/mol. The van der Waals surface area contributed by atoms with E-state index in [1.54, 1.807) is 24.3 Å². The minimum Gasteiger partial charge on any atom is -0.505 e. The van der Waals surface area contributed by atoms with Gasteiger partial charge < -0.3 is 20.0 Å². The van der Waals surface area contributed by atoms with E-state index in [1.807, 2.05) is 43.3 Å². The van der Waals surface area contributed by atoms with Crippen LogP contribution in [0.3, 0.4) is 0 Å². The van der Waals surface area contributed by atoms with Crippen molar-refractivity contribution in [1.82, 2.24) is 0 Å². The Balaban J connectivity index is 1.22. The third kappa shape index (κ3) is 7.62. The zero-order chi connectivity index (χ0) is 35.6. The number of phenolic OH excluding ortho intramolecular Hbond substituents is 2. The van der Waals surface area contributed by atoms with Crippen LogP contribution in [0.5, 0.6) is 11.5 Å². The van der Waals surface area contributed by atoms with Gasteiger partial charge in [0.15, 0.2) is 11.5 Å². The van der Waals surface area contributed by atoms with Crippen LogP contribution in [0, 0.1) is 6.92 Å². The predicted molar refractivity (Wildman–Crippen MR) is 187 cm³/mol. The summed E-state index contributed by atoms with van der Waals surface area (Å²) in [5.41, 5.74) is 2.80. The number of benzene rings is 6. The summed E-state index contributed by atoms with van der Waals surface area (Å²) in [6.45, 7) is 2.16. The Kier molecular flexibility index (Phi) is 9.34. The number of aryl methyl sites for hydroxylation is 1. The monoisotopic (exact) mass is 710 g/mol. The molecule has 0 amide bonds. The Morgan fingerprint density at radius 3 is 1.94 bits per heavy atom.